The Morgan fingerprint density at radius 1 is 1.06 bits per heavy atom. The summed E-state index contributed by atoms with van der Waals surface area (Å²) in [5.74, 6) is 0.783. The summed E-state index contributed by atoms with van der Waals surface area (Å²) in [4.78, 5) is 30.4. The fourth-order valence-corrected chi connectivity index (χ4v) is 4.01. The molecule has 2 aromatic carbocycles. The molecule has 0 spiro atoms. The van der Waals surface area contributed by atoms with Crippen LogP contribution in [-0.4, -0.2) is 36.5 Å². The van der Waals surface area contributed by atoms with E-state index < -0.39 is 0 Å². The van der Waals surface area contributed by atoms with E-state index in [1.165, 1.54) is 5.56 Å². The number of aromatic nitrogens is 1. The topological polar surface area (TPSA) is 97.6 Å². The van der Waals surface area contributed by atoms with Gasteiger partial charge in [0.25, 0.3) is 5.91 Å². The van der Waals surface area contributed by atoms with Crippen LogP contribution in [0.5, 0.6) is 5.75 Å². The molecule has 0 aliphatic carbocycles. The van der Waals surface area contributed by atoms with Gasteiger partial charge in [-0.05, 0) is 42.2 Å². The third kappa shape index (κ3) is 6.10. The second-order valence-corrected chi connectivity index (χ2v) is 8.20. The van der Waals surface area contributed by atoms with Crippen molar-refractivity contribution in [2.75, 3.05) is 29.9 Å². The molecule has 1 fully saturated rings. The number of benzene rings is 2. The average molecular weight is 445 g/mol. The number of pyridine rings is 1. The van der Waals surface area contributed by atoms with Crippen LogP contribution >= 0.6 is 0 Å². The molecule has 33 heavy (non-hydrogen) atoms. The molecule has 7 nitrogen and oxygen atoms in total. The summed E-state index contributed by atoms with van der Waals surface area (Å²) in [7, 11) is 0. The van der Waals surface area contributed by atoms with Crippen molar-refractivity contribution in [2.24, 2.45) is 11.7 Å². The number of rotatable bonds is 8. The summed E-state index contributed by atoms with van der Waals surface area (Å²) in [6.45, 7) is 1.31. The molecular formula is C26H28N4O3. The number of amides is 2. The lowest BCUT2D eigenvalue weighted by Gasteiger charge is -2.32. The molecule has 170 valence electrons. The second kappa shape index (κ2) is 10.6. The van der Waals surface area contributed by atoms with Crippen molar-refractivity contribution in [3.8, 4) is 5.75 Å². The lowest BCUT2D eigenvalue weighted by Crippen LogP contribution is -2.41. The Kier molecular flexibility index (Phi) is 7.19. The van der Waals surface area contributed by atoms with E-state index >= 15 is 0 Å². The number of primary amides is 1. The number of ether oxygens (including phenoxy) is 1. The van der Waals surface area contributed by atoms with Gasteiger partial charge in [0.15, 0.2) is 6.61 Å². The summed E-state index contributed by atoms with van der Waals surface area (Å²) in [5, 5.41) is 2.82. The lowest BCUT2D eigenvalue weighted by molar-refractivity contribution is -0.122. The van der Waals surface area contributed by atoms with E-state index in [2.05, 4.69) is 27.3 Å². The Hall–Kier alpha value is -3.87. The van der Waals surface area contributed by atoms with Gasteiger partial charge < -0.3 is 20.7 Å². The third-order valence-corrected chi connectivity index (χ3v) is 5.75. The molecule has 1 saturated heterocycles. The molecule has 0 saturated carbocycles. The number of carbonyl (C=O) groups is 2. The number of nitrogens with zero attached hydrogens (tertiary/aromatic N) is 2. The molecule has 0 radical (unpaired) electrons. The number of anilines is 2. The maximum absolute atomic E-state index is 12.4. The van der Waals surface area contributed by atoms with Gasteiger partial charge in [-0.3, -0.25) is 9.59 Å². The summed E-state index contributed by atoms with van der Waals surface area (Å²) in [6, 6.07) is 21.5. The molecule has 1 aromatic heterocycles. The number of piperidine rings is 1. The van der Waals surface area contributed by atoms with Crippen LogP contribution < -0.4 is 20.7 Å². The Morgan fingerprint density at radius 3 is 2.61 bits per heavy atom. The summed E-state index contributed by atoms with van der Waals surface area (Å²) >= 11 is 0. The van der Waals surface area contributed by atoms with E-state index in [0.717, 1.165) is 37.2 Å². The molecule has 4 rings (SSSR count). The maximum Gasteiger partial charge on any atom is 0.262 e. The zero-order chi connectivity index (χ0) is 23.0. The third-order valence-electron chi connectivity index (χ3n) is 5.75. The smallest absolute Gasteiger partial charge is 0.262 e. The number of nitrogens with two attached hydrogens (primary N) is 1. The SMILES string of the molecule is NC(=O)C1CCCN(c2ccc(NC(=O)COc3ccccc3Cc3ccccc3)cn2)C1. The minimum atomic E-state index is -0.270. The normalized spacial score (nSPS) is 15.6. The number of carbonyl (C=O) groups excluding carboxylic acids is 2. The van der Waals surface area contributed by atoms with Crippen LogP contribution in [0.2, 0.25) is 0 Å². The van der Waals surface area contributed by atoms with Crippen molar-refractivity contribution < 1.29 is 14.3 Å². The molecule has 0 bridgehead atoms. The minimum absolute atomic E-state index is 0.0973. The van der Waals surface area contributed by atoms with Crippen LogP contribution in [0.15, 0.2) is 72.9 Å². The number of para-hydroxylation sites is 1. The number of hydrogen-bond acceptors (Lipinski definition) is 5. The maximum atomic E-state index is 12.4. The molecule has 1 unspecified atom stereocenters. The van der Waals surface area contributed by atoms with Crippen molar-refractivity contribution in [3.63, 3.8) is 0 Å². The number of nitrogens with one attached hydrogen (secondary N) is 1. The Morgan fingerprint density at radius 2 is 1.85 bits per heavy atom. The average Bonchev–Trinajstić information content (AvgIpc) is 2.85. The highest BCUT2D eigenvalue weighted by atomic mass is 16.5. The fourth-order valence-electron chi connectivity index (χ4n) is 4.01. The first kappa shape index (κ1) is 22.3. The first-order chi connectivity index (χ1) is 16.1. The van der Waals surface area contributed by atoms with Crippen LogP contribution in [0.4, 0.5) is 11.5 Å². The molecule has 1 atom stereocenters. The van der Waals surface area contributed by atoms with E-state index in [4.69, 9.17) is 10.5 Å². The van der Waals surface area contributed by atoms with E-state index in [1.54, 1.807) is 12.3 Å². The molecule has 3 N–H and O–H groups in total. The van der Waals surface area contributed by atoms with Gasteiger partial charge >= 0.3 is 0 Å². The predicted octanol–water partition coefficient (Wildman–Crippen LogP) is 3.39. The first-order valence-corrected chi connectivity index (χ1v) is 11.1. The molecule has 2 amide bonds. The largest absolute Gasteiger partial charge is 0.483 e. The highest BCUT2D eigenvalue weighted by Crippen LogP contribution is 2.23. The van der Waals surface area contributed by atoms with Gasteiger partial charge in [-0.25, -0.2) is 4.98 Å². The van der Waals surface area contributed by atoms with Gasteiger partial charge in [-0.2, -0.15) is 0 Å². The number of hydrogen-bond donors (Lipinski definition) is 2. The molecule has 1 aliphatic heterocycles. The van der Waals surface area contributed by atoms with Crippen LogP contribution in [0, 0.1) is 5.92 Å². The van der Waals surface area contributed by atoms with Crippen molar-refractivity contribution in [1.82, 2.24) is 4.98 Å². The quantitative estimate of drug-likeness (QED) is 0.555. The molecule has 7 heteroatoms. The Bertz CT molecular complexity index is 1090. The second-order valence-electron chi connectivity index (χ2n) is 8.20. The van der Waals surface area contributed by atoms with E-state index in [-0.39, 0.29) is 24.3 Å². The summed E-state index contributed by atoms with van der Waals surface area (Å²) in [6.07, 6.45) is 4.06. The highest BCUT2D eigenvalue weighted by Gasteiger charge is 2.24. The van der Waals surface area contributed by atoms with Crippen LogP contribution in [-0.2, 0) is 16.0 Å². The van der Waals surface area contributed by atoms with Gasteiger partial charge in [0.2, 0.25) is 5.91 Å². The first-order valence-electron chi connectivity index (χ1n) is 11.1. The fraction of sp³-hybridized carbons (Fsp3) is 0.269. The van der Waals surface area contributed by atoms with Gasteiger partial charge in [-0.15, -0.1) is 0 Å². The molecule has 2 heterocycles. The van der Waals surface area contributed by atoms with Crippen LogP contribution in [0.25, 0.3) is 0 Å². The Balaban J connectivity index is 1.31. The molecule has 3 aromatic rings. The summed E-state index contributed by atoms with van der Waals surface area (Å²) < 4.78 is 5.81. The molecular weight excluding hydrogens is 416 g/mol. The highest BCUT2D eigenvalue weighted by molar-refractivity contribution is 5.91. The van der Waals surface area contributed by atoms with E-state index in [1.807, 2.05) is 48.5 Å². The van der Waals surface area contributed by atoms with Gasteiger partial charge in [0.1, 0.15) is 11.6 Å². The van der Waals surface area contributed by atoms with E-state index in [0.29, 0.717) is 18.0 Å². The monoisotopic (exact) mass is 444 g/mol. The standard InChI is InChI=1S/C26H28N4O3/c27-26(32)21-10-6-14-30(17-21)24-13-12-22(16-28-24)29-25(31)18-33-23-11-5-4-9-20(23)15-19-7-2-1-3-8-19/h1-5,7-9,11-13,16,21H,6,10,14-15,17-18H2,(H2,27,32)(H,29,31). The molecule has 1 aliphatic rings. The summed E-state index contributed by atoms with van der Waals surface area (Å²) in [5.41, 5.74) is 8.26. The van der Waals surface area contributed by atoms with E-state index in [9.17, 15) is 9.59 Å². The van der Waals surface area contributed by atoms with Crippen molar-refractivity contribution >= 4 is 23.3 Å². The van der Waals surface area contributed by atoms with Crippen molar-refractivity contribution in [1.29, 1.82) is 0 Å². The van der Waals surface area contributed by atoms with Crippen molar-refractivity contribution in [2.45, 2.75) is 19.3 Å². The predicted molar refractivity (Wildman–Crippen MR) is 128 cm³/mol. The minimum Gasteiger partial charge on any atom is -0.483 e. The zero-order valence-electron chi connectivity index (χ0n) is 18.4. The van der Waals surface area contributed by atoms with Crippen LogP contribution in [0.3, 0.4) is 0 Å². The van der Waals surface area contributed by atoms with Gasteiger partial charge in [-0.1, -0.05) is 48.5 Å². The van der Waals surface area contributed by atoms with Gasteiger partial charge in [0.05, 0.1) is 17.8 Å². The Labute approximate surface area is 193 Å². The van der Waals surface area contributed by atoms with Crippen molar-refractivity contribution in [3.05, 3.63) is 84.1 Å². The van der Waals surface area contributed by atoms with Gasteiger partial charge in [0, 0.05) is 19.5 Å². The zero-order valence-corrected chi connectivity index (χ0v) is 18.4. The lowest BCUT2D eigenvalue weighted by atomic mass is 9.97. The van der Waals surface area contributed by atoms with Crippen LogP contribution in [0.1, 0.15) is 24.0 Å².